The zero-order valence-electron chi connectivity index (χ0n) is 12.1. The van der Waals surface area contributed by atoms with E-state index in [0.29, 0.717) is 0 Å². The fraction of sp³-hybridized carbons (Fsp3) is 0.438. The fourth-order valence-electron chi connectivity index (χ4n) is 2.43. The maximum absolute atomic E-state index is 13.4. The zero-order valence-corrected chi connectivity index (χ0v) is 12.1. The lowest BCUT2D eigenvalue weighted by Gasteiger charge is -2.19. The van der Waals surface area contributed by atoms with Crippen molar-refractivity contribution in [3.05, 3.63) is 53.9 Å². The Labute approximate surface area is 119 Å². The predicted molar refractivity (Wildman–Crippen MR) is 79.0 cm³/mol. The van der Waals surface area contributed by atoms with Gasteiger partial charge in [-0.2, -0.15) is 0 Å². The number of nitrogens with zero attached hydrogens (tertiary/aromatic N) is 2. The van der Waals surface area contributed by atoms with Crippen LogP contribution in [0, 0.1) is 5.82 Å². The topological polar surface area (TPSA) is 29.9 Å². The second-order valence-electron chi connectivity index (χ2n) is 4.91. The monoisotopic (exact) mass is 275 g/mol. The van der Waals surface area contributed by atoms with Crippen molar-refractivity contribution in [1.82, 2.24) is 14.9 Å². The summed E-state index contributed by atoms with van der Waals surface area (Å²) in [5, 5.41) is 3.41. The van der Waals surface area contributed by atoms with E-state index in [1.54, 1.807) is 12.1 Å². The van der Waals surface area contributed by atoms with Gasteiger partial charge in [0.05, 0.1) is 0 Å². The molecule has 0 aliphatic rings. The van der Waals surface area contributed by atoms with E-state index in [9.17, 15) is 4.39 Å². The molecule has 1 aromatic heterocycles. The Balaban J connectivity index is 2.18. The van der Waals surface area contributed by atoms with Crippen LogP contribution >= 0.6 is 0 Å². The molecule has 0 saturated heterocycles. The predicted octanol–water partition coefficient (Wildman–Crippen LogP) is 3.33. The van der Waals surface area contributed by atoms with Crippen molar-refractivity contribution < 1.29 is 4.39 Å². The SMILES string of the molecule is CCCn1ccnc1CC(NCC)c1cccc(F)c1. The molecule has 0 saturated carbocycles. The number of nitrogens with one attached hydrogen (secondary N) is 1. The van der Waals surface area contributed by atoms with Gasteiger partial charge in [0.15, 0.2) is 0 Å². The van der Waals surface area contributed by atoms with Gasteiger partial charge in [0.1, 0.15) is 11.6 Å². The molecule has 1 atom stereocenters. The number of imidazole rings is 1. The molecule has 1 N–H and O–H groups in total. The van der Waals surface area contributed by atoms with E-state index in [0.717, 1.165) is 37.3 Å². The Morgan fingerprint density at radius 3 is 2.90 bits per heavy atom. The molecule has 2 rings (SSSR count). The second-order valence-corrected chi connectivity index (χ2v) is 4.91. The molecule has 20 heavy (non-hydrogen) atoms. The van der Waals surface area contributed by atoms with E-state index in [4.69, 9.17) is 0 Å². The molecule has 0 aliphatic heterocycles. The second kappa shape index (κ2) is 7.20. The highest BCUT2D eigenvalue weighted by Gasteiger charge is 2.14. The van der Waals surface area contributed by atoms with Crippen molar-refractivity contribution in [2.75, 3.05) is 6.54 Å². The van der Waals surface area contributed by atoms with Gasteiger partial charge >= 0.3 is 0 Å². The highest BCUT2D eigenvalue weighted by Crippen LogP contribution is 2.19. The van der Waals surface area contributed by atoms with Gasteiger partial charge in [-0.15, -0.1) is 0 Å². The summed E-state index contributed by atoms with van der Waals surface area (Å²) in [6, 6.07) is 6.89. The van der Waals surface area contributed by atoms with Gasteiger partial charge in [0, 0.05) is 31.4 Å². The fourth-order valence-corrected chi connectivity index (χ4v) is 2.43. The van der Waals surface area contributed by atoms with Crippen LogP contribution in [0.4, 0.5) is 4.39 Å². The largest absolute Gasteiger partial charge is 0.335 e. The molecule has 1 aromatic carbocycles. The molecular formula is C16H22FN3. The van der Waals surface area contributed by atoms with Crippen LogP contribution in [0.15, 0.2) is 36.7 Å². The molecule has 0 radical (unpaired) electrons. The standard InChI is InChI=1S/C16H22FN3/c1-3-9-20-10-8-19-16(20)12-15(18-4-2)13-6-5-7-14(17)11-13/h5-8,10-11,15,18H,3-4,9,12H2,1-2H3. The van der Waals surface area contributed by atoms with E-state index < -0.39 is 0 Å². The van der Waals surface area contributed by atoms with Crippen LogP contribution in [0.25, 0.3) is 0 Å². The Kier molecular flexibility index (Phi) is 5.30. The summed E-state index contributed by atoms with van der Waals surface area (Å²) in [5.41, 5.74) is 0.970. The number of hydrogen-bond donors (Lipinski definition) is 1. The average Bonchev–Trinajstić information content (AvgIpc) is 2.86. The summed E-state index contributed by atoms with van der Waals surface area (Å²) < 4.78 is 15.6. The third-order valence-electron chi connectivity index (χ3n) is 3.35. The molecule has 108 valence electrons. The molecule has 4 heteroatoms. The number of likely N-dealkylation sites (N-methyl/N-ethyl adjacent to an activating group) is 1. The van der Waals surface area contributed by atoms with Gasteiger partial charge in [-0.25, -0.2) is 9.37 Å². The lowest BCUT2D eigenvalue weighted by atomic mass is 10.0. The smallest absolute Gasteiger partial charge is 0.123 e. The summed E-state index contributed by atoms with van der Waals surface area (Å²) in [6.07, 6.45) is 5.69. The first-order valence-electron chi connectivity index (χ1n) is 7.23. The molecule has 1 unspecified atom stereocenters. The minimum atomic E-state index is -0.192. The zero-order chi connectivity index (χ0) is 14.4. The Morgan fingerprint density at radius 1 is 1.35 bits per heavy atom. The van der Waals surface area contributed by atoms with Crippen molar-refractivity contribution >= 4 is 0 Å². The van der Waals surface area contributed by atoms with Crippen LogP contribution in [0.3, 0.4) is 0 Å². The Morgan fingerprint density at radius 2 is 2.20 bits per heavy atom. The molecule has 0 spiro atoms. The lowest BCUT2D eigenvalue weighted by molar-refractivity contribution is 0.512. The van der Waals surface area contributed by atoms with Crippen molar-refractivity contribution in [3.8, 4) is 0 Å². The van der Waals surface area contributed by atoms with Gasteiger partial charge in [-0.05, 0) is 30.7 Å². The maximum Gasteiger partial charge on any atom is 0.123 e. The summed E-state index contributed by atoms with van der Waals surface area (Å²) >= 11 is 0. The summed E-state index contributed by atoms with van der Waals surface area (Å²) in [7, 11) is 0. The first-order valence-corrected chi connectivity index (χ1v) is 7.23. The molecule has 2 aromatic rings. The molecular weight excluding hydrogens is 253 g/mol. The quantitative estimate of drug-likeness (QED) is 0.840. The molecule has 0 fully saturated rings. The van der Waals surface area contributed by atoms with E-state index in [1.165, 1.54) is 6.07 Å². The van der Waals surface area contributed by atoms with Crippen molar-refractivity contribution in [1.29, 1.82) is 0 Å². The maximum atomic E-state index is 13.4. The van der Waals surface area contributed by atoms with E-state index in [1.807, 2.05) is 18.5 Å². The number of aryl methyl sites for hydroxylation is 1. The van der Waals surface area contributed by atoms with Crippen molar-refractivity contribution in [2.24, 2.45) is 0 Å². The minimum Gasteiger partial charge on any atom is -0.335 e. The molecule has 0 aliphatic carbocycles. The summed E-state index contributed by atoms with van der Waals surface area (Å²) in [6.45, 7) is 6.02. The highest BCUT2D eigenvalue weighted by molar-refractivity contribution is 5.21. The van der Waals surface area contributed by atoms with Crippen LogP contribution in [-0.2, 0) is 13.0 Å². The summed E-state index contributed by atoms with van der Waals surface area (Å²) in [4.78, 5) is 4.43. The highest BCUT2D eigenvalue weighted by atomic mass is 19.1. The lowest BCUT2D eigenvalue weighted by Crippen LogP contribution is -2.24. The van der Waals surface area contributed by atoms with Gasteiger partial charge in [0.2, 0.25) is 0 Å². The third-order valence-corrected chi connectivity index (χ3v) is 3.35. The van der Waals surface area contributed by atoms with E-state index in [2.05, 4.69) is 28.7 Å². The van der Waals surface area contributed by atoms with Crippen LogP contribution in [0.2, 0.25) is 0 Å². The Hall–Kier alpha value is -1.68. The molecule has 1 heterocycles. The third kappa shape index (κ3) is 3.67. The number of benzene rings is 1. The van der Waals surface area contributed by atoms with Crippen molar-refractivity contribution in [3.63, 3.8) is 0 Å². The van der Waals surface area contributed by atoms with Crippen LogP contribution < -0.4 is 5.32 Å². The first-order chi connectivity index (χ1) is 9.74. The number of halogens is 1. The van der Waals surface area contributed by atoms with E-state index in [-0.39, 0.29) is 11.9 Å². The van der Waals surface area contributed by atoms with Crippen LogP contribution in [0.5, 0.6) is 0 Å². The van der Waals surface area contributed by atoms with Crippen LogP contribution in [-0.4, -0.2) is 16.1 Å². The Bertz CT molecular complexity index is 536. The molecule has 0 bridgehead atoms. The van der Waals surface area contributed by atoms with Gasteiger partial charge in [0.25, 0.3) is 0 Å². The summed E-state index contributed by atoms with van der Waals surface area (Å²) in [5.74, 6) is 0.851. The number of hydrogen-bond acceptors (Lipinski definition) is 2. The van der Waals surface area contributed by atoms with Gasteiger partial charge in [-0.1, -0.05) is 26.0 Å². The number of rotatable bonds is 7. The average molecular weight is 275 g/mol. The first kappa shape index (κ1) is 14.7. The normalized spacial score (nSPS) is 12.6. The van der Waals surface area contributed by atoms with E-state index >= 15 is 0 Å². The molecule has 0 amide bonds. The van der Waals surface area contributed by atoms with Crippen molar-refractivity contribution in [2.45, 2.75) is 39.3 Å². The van der Waals surface area contributed by atoms with Gasteiger partial charge < -0.3 is 9.88 Å². The minimum absolute atomic E-state index is 0.0914. The number of aromatic nitrogens is 2. The van der Waals surface area contributed by atoms with Crippen LogP contribution in [0.1, 0.15) is 37.7 Å². The molecule has 3 nitrogen and oxygen atoms in total. The van der Waals surface area contributed by atoms with Gasteiger partial charge in [-0.3, -0.25) is 0 Å².